The number of amides is 2. The van der Waals surface area contributed by atoms with Crippen LogP contribution in [0.2, 0.25) is 0 Å². The van der Waals surface area contributed by atoms with E-state index in [-0.39, 0.29) is 12.1 Å². The van der Waals surface area contributed by atoms with E-state index < -0.39 is 0 Å². The fourth-order valence-corrected chi connectivity index (χ4v) is 3.51. The Hall–Kier alpha value is -1.55. The van der Waals surface area contributed by atoms with Crippen molar-refractivity contribution in [1.29, 1.82) is 0 Å². The molecular formula is C17H25N3O. The molecule has 0 saturated carbocycles. The number of benzene rings is 1. The molecule has 1 aromatic carbocycles. The van der Waals surface area contributed by atoms with Crippen molar-refractivity contribution in [2.24, 2.45) is 0 Å². The molecule has 0 radical (unpaired) electrons. The zero-order valence-electron chi connectivity index (χ0n) is 13.0. The highest BCUT2D eigenvalue weighted by Crippen LogP contribution is 2.30. The minimum absolute atomic E-state index is 0.100. The quantitative estimate of drug-likeness (QED) is 0.906. The molecule has 4 nitrogen and oxygen atoms in total. The minimum atomic E-state index is 0.100. The summed E-state index contributed by atoms with van der Waals surface area (Å²) in [5.41, 5.74) is 2.68. The highest BCUT2D eigenvalue weighted by molar-refractivity contribution is 5.75. The van der Waals surface area contributed by atoms with Crippen LogP contribution in [-0.4, -0.2) is 49.1 Å². The van der Waals surface area contributed by atoms with Crippen LogP contribution in [0.25, 0.3) is 0 Å². The predicted octanol–water partition coefficient (Wildman–Crippen LogP) is 2.41. The van der Waals surface area contributed by atoms with Crippen molar-refractivity contribution in [2.45, 2.75) is 37.8 Å². The monoisotopic (exact) mass is 287 g/mol. The Kier molecular flexibility index (Phi) is 4.15. The second kappa shape index (κ2) is 6.06. The first kappa shape index (κ1) is 14.4. The van der Waals surface area contributed by atoms with E-state index in [1.165, 1.54) is 17.5 Å². The first-order valence-corrected chi connectivity index (χ1v) is 7.95. The molecule has 114 valence electrons. The van der Waals surface area contributed by atoms with Crippen molar-refractivity contribution >= 4 is 6.03 Å². The lowest BCUT2D eigenvalue weighted by Gasteiger charge is -2.36. The van der Waals surface area contributed by atoms with Crippen molar-refractivity contribution in [1.82, 2.24) is 15.1 Å². The molecule has 4 heteroatoms. The third-order valence-electron chi connectivity index (χ3n) is 4.84. The Labute approximate surface area is 127 Å². The molecule has 0 bridgehead atoms. The molecule has 1 N–H and O–H groups in total. The van der Waals surface area contributed by atoms with E-state index in [9.17, 15) is 4.79 Å². The van der Waals surface area contributed by atoms with Crippen molar-refractivity contribution in [3.63, 3.8) is 0 Å². The summed E-state index contributed by atoms with van der Waals surface area (Å²) >= 11 is 0. The molecule has 2 amide bonds. The normalized spacial score (nSPS) is 25.0. The zero-order chi connectivity index (χ0) is 14.8. The van der Waals surface area contributed by atoms with E-state index in [4.69, 9.17) is 0 Å². The molecule has 1 aromatic rings. The van der Waals surface area contributed by atoms with Crippen molar-refractivity contribution in [2.75, 3.05) is 27.2 Å². The van der Waals surface area contributed by atoms with E-state index in [2.05, 4.69) is 48.6 Å². The summed E-state index contributed by atoms with van der Waals surface area (Å²) in [4.78, 5) is 16.7. The van der Waals surface area contributed by atoms with Gasteiger partial charge >= 0.3 is 6.03 Å². The first-order valence-electron chi connectivity index (χ1n) is 7.95. The summed E-state index contributed by atoms with van der Waals surface area (Å²) in [7, 11) is 4.19. The number of fused-ring (bicyclic) bond motifs is 1. The van der Waals surface area contributed by atoms with Crippen LogP contribution < -0.4 is 5.32 Å². The molecule has 1 aliphatic heterocycles. The van der Waals surface area contributed by atoms with Crippen LogP contribution in [0.4, 0.5) is 4.79 Å². The fourth-order valence-electron chi connectivity index (χ4n) is 3.51. The number of likely N-dealkylation sites (N-methyl/N-ethyl adjacent to an activating group) is 1. The lowest BCUT2D eigenvalue weighted by Crippen LogP contribution is -2.51. The number of carbonyl (C=O) groups excluding carboxylic acids is 1. The van der Waals surface area contributed by atoms with Gasteiger partial charge in [0, 0.05) is 19.1 Å². The van der Waals surface area contributed by atoms with E-state index in [1.54, 1.807) is 0 Å². The second-order valence-electron chi connectivity index (χ2n) is 6.45. The third-order valence-corrected chi connectivity index (χ3v) is 4.84. The molecule has 1 fully saturated rings. The number of hydrogen-bond donors (Lipinski definition) is 1. The molecule has 1 heterocycles. The average Bonchev–Trinajstić information content (AvgIpc) is 2.91. The van der Waals surface area contributed by atoms with Crippen LogP contribution in [0.5, 0.6) is 0 Å². The van der Waals surface area contributed by atoms with Gasteiger partial charge in [-0.1, -0.05) is 24.3 Å². The number of hydrogen-bond acceptors (Lipinski definition) is 2. The Balaban J connectivity index is 1.62. The molecule has 2 atom stereocenters. The Morgan fingerprint density at radius 3 is 2.90 bits per heavy atom. The highest BCUT2D eigenvalue weighted by atomic mass is 16.2. The van der Waals surface area contributed by atoms with E-state index in [1.807, 2.05) is 4.90 Å². The van der Waals surface area contributed by atoms with Crippen LogP contribution in [0.15, 0.2) is 24.3 Å². The summed E-state index contributed by atoms with van der Waals surface area (Å²) in [6.07, 6.45) is 4.37. The lowest BCUT2D eigenvalue weighted by molar-refractivity contribution is 0.138. The molecule has 0 spiro atoms. The van der Waals surface area contributed by atoms with Gasteiger partial charge < -0.3 is 15.1 Å². The maximum Gasteiger partial charge on any atom is 0.317 e. The van der Waals surface area contributed by atoms with Gasteiger partial charge in [-0.3, -0.25) is 0 Å². The number of nitrogens with zero attached hydrogens (tertiary/aromatic N) is 2. The molecule has 1 aliphatic carbocycles. The van der Waals surface area contributed by atoms with E-state index >= 15 is 0 Å². The molecule has 21 heavy (non-hydrogen) atoms. The van der Waals surface area contributed by atoms with Gasteiger partial charge in [0.15, 0.2) is 0 Å². The van der Waals surface area contributed by atoms with Gasteiger partial charge in [0.1, 0.15) is 0 Å². The van der Waals surface area contributed by atoms with Gasteiger partial charge in [-0.15, -0.1) is 0 Å². The summed E-state index contributed by atoms with van der Waals surface area (Å²) in [6, 6.07) is 9.23. The Morgan fingerprint density at radius 1 is 1.29 bits per heavy atom. The lowest BCUT2D eigenvalue weighted by atomic mass is 10.1. The molecule has 0 aromatic heterocycles. The number of piperidine rings is 1. The molecule has 3 rings (SSSR count). The van der Waals surface area contributed by atoms with Gasteiger partial charge in [-0.05, 0) is 50.9 Å². The van der Waals surface area contributed by atoms with Crippen molar-refractivity contribution in [3.05, 3.63) is 35.4 Å². The van der Waals surface area contributed by atoms with Crippen LogP contribution in [0.3, 0.4) is 0 Å². The Bertz CT molecular complexity index is 515. The molecule has 0 unspecified atom stereocenters. The number of nitrogens with one attached hydrogen (secondary N) is 1. The number of likely N-dealkylation sites (tertiary alicyclic amines) is 1. The van der Waals surface area contributed by atoms with Crippen LogP contribution in [0.1, 0.15) is 36.4 Å². The van der Waals surface area contributed by atoms with Gasteiger partial charge in [0.05, 0.1) is 6.04 Å². The maximum atomic E-state index is 12.5. The second-order valence-corrected chi connectivity index (χ2v) is 6.45. The highest BCUT2D eigenvalue weighted by Gasteiger charge is 2.28. The Morgan fingerprint density at radius 2 is 2.10 bits per heavy atom. The largest absolute Gasteiger partial charge is 0.331 e. The third kappa shape index (κ3) is 3.05. The van der Waals surface area contributed by atoms with Gasteiger partial charge in [0.2, 0.25) is 0 Å². The van der Waals surface area contributed by atoms with Crippen molar-refractivity contribution < 1.29 is 4.79 Å². The number of carbonyl (C=O) groups is 1. The first-order chi connectivity index (χ1) is 10.1. The van der Waals surface area contributed by atoms with Crippen LogP contribution >= 0.6 is 0 Å². The topological polar surface area (TPSA) is 35.6 Å². The summed E-state index contributed by atoms with van der Waals surface area (Å²) in [6.45, 7) is 1.72. The van der Waals surface area contributed by atoms with Crippen LogP contribution in [0, 0.1) is 0 Å². The molecule has 2 aliphatic rings. The SMILES string of the molecule is CN(C)[C@@H]1CCCN(C(=O)N[C@H]2CCc3ccccc32)C1. The van der Waals surface area contributed by atoms with Crippen molar-refractivity contribution in [3.8, 4) is 0 Å². The summed E-state index contributed by atoms with van der Waals surface area (Å²) in [5, 5.41) is 3.23. The summed E-state index contributed by atoms with van der Waals surface area (Å²) < 4.78 is 0. The number of aryl methyl sites for hydroxylation is 1. The minimum Gasteiger partial charge on any atom is -0.331 e. The molecule has 1 saturated heterocycles. The number of rotatable bonds is 2. The van der Waals surface area contributed by atoms with Gasteiger partial charge in [0.25, 0.3) is 0 Å². The average molecular weight is 287 g/mol. The fraction of sp³-hybridized carbons (Fsp3) is 0.588. The maximum absolute atomic E-state index is 12.5. The standard InChI is InChI=1S/C17H25N3O/c1-19(2)14-7-5-11-20(12-14)17(21)18-16-10-9-13-6-3-4-8-15(13)16/h3-4,6,8,14,16H,5,7,9-12H2,1-2H3,(H,18,21)/t14-,16+/m1/s1. The van der Waals surface area contributed by atoms with Crippen LogP contribution in [-0.2, 0) is 6.42 Å². The van der Waals surface area contributed by atoms with Gasteiger partial charge in [-0.25, -0.2) is 4.79 Å². The van der Waals surface area contributed by atoms with Gasteiger partial charge in [-0.2, -0.15) is 0 Å². The number of urea groups is 1. The zero-order valence-corrected chi connectivity index (χ0v) is 13.0. The van der Waals surface area contributed by atoms with E-state index in [0.29, 0.717) is 6.04 Å². The summed E-state index contributed by atoms with van der Waals surface area (Å²) in [5.74, 6) is 0. The smallest absolute Gasteiger partial charge is 0.317 e. The predicted molar refractivity (Wildman–Crippen MR) is 84.3 cm³/mol. The molecular weight excluding hydrogens is 262 g/mol. The van der Waals surface area contributed by atoms with E-state index in [0.717, 1.165) is 32.4 Å².